The highest BCUT2D eigenvalue weighted by Gasteiger charge is 2.31. The summed E-state index contributed by atoms with van der Waals surface area (Å²) in [6.07, 6.45) is 0. The average Bonchev–Trinajstić information content (AvgIpc) is 2.73. The molecular formula is C13H15BrN2O3. The molecule has 19 heavy (non-hydrogen) atoms. The summed E-state index contributed by atoms with van der Waals surface area (Å²) in [5, 5.41) is 2.88. The van der Waals surface area contributed by atoms with Crippen molar-refractivity contribution in [2.45, 2.75) is 13.0 Å². The zero-order valence-electron chi connectivity index (χ0n) is 10.8. The molecule has 0 bridgehead atoms. The van der Waals surface area contributed by atoms with E-state index in [4.69, 9.17) is 0 Å². The number of urea groups is 1. The Balaban J connectivity index is 2.14. The first-order valence-electron chi connectivity index (χ1n) is 5.89. The number of nitrogens with zero attached hydrogens (tertiary/aromatic N) is 1. The molecule has 1 aromatic rings. The number of aryl methyl sites for hydroxylation is 1. The molecule has 0 radical (unpaired) electrons. The van der Waals surface area contributed by atoms with E-state index in [0.29, 0.717) is 6.54 Å². The van der Waals surface area contributed by atoms with Crippen LogP contribution in [0.2, 0.25) is 0 Å². The Labute approximate surface area is 120 Å². The molecule has 2 rings (SSSR count). The largest absolute Gasteiger partial charge is 0.468 e. The Morgan fingerprint density at radius 3 is 3.00 bits per heavy atom. The van der Waals surface area contributed by atoms with E-state index in [-0.39, 0.29) is 18.6 Å². The van der Waals surface area contributed by atoms with Crippen LogP contribution < -0.4 is 5.32 Å². The molecule has 2 amide bonds. The molecule has 1 N–H and O–H groups in total. The molecule has 102 valence electrons. The molecule has 1 unspecified atom stereocenters. The highest BCUT2D eigenvalue weighted by molar-refractivity contribution is 9.10. The second kappa shape index (κ2) is 5.61. The number of carbonyl (C=O) groups excluding carboxylic acids is 2. The molecule has 1 aliphatic heterocycles. The summed E-state index contributed by atoms with van der Waals surface area (Å²) >= 11 is 3.42. The fraction of sp³-hybridized carbons (Fsp3) is 0.385. The molecule has 1 atom stereocenters. The van der Waals surface area contributed by atoms with Gasteiger partial charge in [-0.3, -0.25) is 4.79 Å². The molecule has 1 aliphatic rings. The molecular weight excluding hydrogens is 312 g/mol. The normalized spacial score (nSPS) is 18.4. The van der Waals surface area contributed by atoms with E-state index in [1.54, 1.807) is 0 Å². The second-order valence-electron chi connectivity index (χ2n) is 4.46. The average molecular weight is 327 g/mol. The van der Waals surface area contributed by atoms with Crippen molar-refractivity contribution in [3.05, 3.63) is 33.8 Å². The summed E-state index contributed by atoms with van der Waals surface area (Å²) in [6, 6.07) is 5.60. The van der Waals surface area contributed by atoms with E-state index in [1.165, 1.54) is 12.0 Å². The van der Waals surface area contributed by atoms with Crippen LogP contribution >= 0.6 is 15.9 Å². The highest BCUT2D eigenvalue weighted by Crippen LogP contribution is 2.26. The fourth-order valence-corrected chi connectivity index (χ4v) is 2.49. The number of methoxy groups -OCH3 is 1. The van der Waals surface area contributed by atoms with Gasteiger partial charge in [0, 0.05) is 11.0 Å². The standard InChI is InChI=1S/C13H15BrN2O3/c1-8-3-4-9(14)5-10(8)11-6-16(13(18)15-11)7-12(17)19-2/h3-5,11H,6-7H2,1-2H3,(H,15,18). The number of rotatable bonds is 3. The van der Waals surface area contributed by atoms with Crippen LogP contribution in [0.5, 0.6) is 0 Å². The maximum atomic E-state index is 11.8. The second-order valence-corrected chi connectivity index (χ2v) is 5.38. The molecule has 5 nitrogen and oxygen atoms in total. The first-order valence-corrected chi connectivity index (χ1v) is 6.69. The molecule has 1 heterocycles. The Kier molecular flexibility index (Phi) is 4.09. The molecule has 1 fully saturated rings. The number of carbonyl (C=O) groups is 2. The minimum Gasteiger partial charge on any atom is -0.468 e. The van der Waals surface area contributed by atoms with Crippen LogP contribution in [0, 0.1) is 6.92 Å². The Morgan fingerprint density at radius 1 is 1.58 bits per heavy atom. The minimum atomic E-state index is -0.415. The molecule has 0 aliphatic carbocycles. The highest BCUT2D eigenvalue weighted by atomic mass is 79.9. The smallest absolute Gasteiger partial charge is 0.325 e. The number of nitrogens with one attached hydrogen (secondary N) is 1. The van der Waals surface area contributed by atoms with Gasteiger partial charge in [-0.05, 0) is 30.2 Å². The zero-order chi connectivity index (χ0) is 14.0. The van der Waals surface area contributed by atoms with Crippen LogP contribution in [-0.4, -0.2) is 37.1 Å². The van der Waals surface area contributed by atoms with Crippen molar-refractivity contribution in [2.75, 3.05) is 20.2 Å². The first kappa shape index (κ1) is 13.9. The van der Waals surface area contributed by atoms with E-state index in [9.17, 15) is 9.59 Å². The van der Waals surface area contributed by atoms with Crippen LogP contribution in [0.3, 0.4) is 0 Å². The third-order valence-corrected chi connectivity index (χ3v) is 3.65. The SMILES string of the molecule is COC(=O)CN1CC(c2cc(Br)ccc2C)NC1=O. The summed E-state index contributed by atoms with van der Waals surface area (Å²) in [4.78, 5) is 24.5. The van der Waals surface area contributed by atoms with Crippen LogP contribution in [0.4, 0.5) is 4.79 Å². The van der Waals surface area contributed by atoms with Crippen molar-refractivity contribution < 1.29 is 14.3 Å². The third-order valence-electron chi connectivity index (χ3n) is 3.15. The van der Waals surface area contributed by atoms with Crippen molar-refractivity contribution in [1.82, 2.24) is 10.2 Å². The van der Waals surface area contributed by atoms with E-state index in [1.807, 2.05) is 25.1 Å². The third kappa shape index (κ3) is 3.07. The molecule has 6 heteroatoms. The van der Waals surface area contributed by atoms with Crippen molar-refractivity contribution in [1.29, 1.82) is 0 Å². The number of benzene rings is 1. The first-order chi connectivity index (χ1) is 9.01. The van der Waals surface area contributed by atoms with Gasteiger partial charge in [0.2, 0.25) is 0 Å². The van der Waals surface area contributed by atoms with Crippen LogP contribution in [0.1, 0.15) is 17.2 Å². The number of amides is 2. The van der Waals surface area contributed by atoms with Gasteiger partial charge in [0.05, 0.1) is 13.2 Å². The van der Waals surface area contributed by atoms with Gasteiger partial charge in [-0.25, -0.2) is 4.79 Å². The van der Waals surface area contributed by atoms with Crippen LogP contribution in [0.15, 0.2) is 22.7 Å². The number of hydrogen-bond acceptors (Lipinski definition) is 3. The lowest BCUT2D eigenvalue weighted by molar-refractivity contribution is -0.141. The minimum absolute atomic E-state index is 0.0219. The molecule has 0 saturated carbocycles. The quantitative estimate of drug-likeness (QED) is 0.864. The van der Waals surface area contributed by atoms with E-state index in [0.717, 1.165) is 15.6 Å². The van der Waals surface area contributed by atoms with Gasteiger partial charge in [-0.15, -0.1) is 0 Å². The van der Waals surface area contributed by atoms with Crippen LogP contribution in [-0.2, 0) is 9.53 Å². The van der Waals surface area contributed by atoms with Crippen molar-refractivity contribution in [3.8, 4) is 0 Å². The molecule has 1 aromatic carbocycles. The Hall–Kier alpha value is -1.56. The molecule has 0 spiro atoms. The van der Waals surface area contributed by atoms with Gasteiger partial charge in [0.1, 0.15) is 6.54 Å². The summed E-state index contributed by atoms with van der Waals surface area (Å²) < 4.78 is 5.54. The number of esters is 1. The Bertz CT molecular complexity index is 519. The van der Waals surface area contributed by atoms with Gasteiger partial charge >= 0.3 is 12.0 Å². The predicted molar refractivity (Wildman–Crippen MR) is 73.7 cm³/mol. The Morgan fingerprint density at radius 2 is 2.32 bits per heavy atom. The lowest BCUT2D eigenvalue weighted by atomic mass is 10.0. The predicted octanol–water partition coefficient (Wildman–Crippen LogP) is 2.00. The number of hydrogen-bond donors (Lipinski definition) is 1. The molecule has 0 aromatic heterocycles. The fourth-order valence-electron chi connectivity index (χ4n) is 2.11. The molecule has 1 saturated heterocycles. The summed E-state index contributed by atoms with van der Waals surface area (Å²) in [5.74, 6) is -0.415. The van der Waals surface area contributed by atoms with E-state index in [2.05, 4.69) is 26.0 Å². The van der Waals surface area contributed by atoms with E-state index < -0.39 is 5.97 Å². The topological polar surface area (TPSA) is 58.6 Å². The number of halogens is 1. The van der Waals surface area contributed by atoms with Crippen molar-refractivity contribution in [2.24, 2.45) is 0 Å². The lowest BCUT2D eigenvalue weighted by Crippen LogP contribution is -2.33. The van der Waals surface area contributed by atoms with Gasteiger partial charge < -0.3 is 15.0 Å². The number of ether oxygens (including phenoxy) is 1. The van der Waals surface area contributed by atoms with Gasteiger partial charge in [0.15, 0.2) is 0 Å². The monoisotopic (exact) mass is 326 g/mol. The van der Waals surface area contributed by atoms with Gasteiger partial charge in [-0.2, -0.15) is 0 Å². The van der Waals surface area contributed by atoms with Crippen LogP contribution in [0.25, 0.3) is 0 Å². The van der Waals surface area contributed by atoms with Crippen molar-refractivity contribution in [3.63, 3.8) is 0 Å². The van der Waals surface area contributed by atoms with Crippen molar-refractivity contribution >= 4 is 27.9 Å². The van der Waals surface area contributed by atoms with Gasteiger partial charge in [-0.1, -0.05) is 22.0 Å². The van der Waals surface area contributed by atoms with E-state index >= 15 is 0 Å². The maximum Gasteiger partial charge on any atom is 0.325 e. The zero-order valence-corrected chi connectivity index (χ0v) is 12.4. The summed E-state index contributed by atoms with van der Waals surface area (Å²) in [5.41, 5.74) is 2.16. The summed E-state index contributed by atoms with van der Waals surface area (Å²) in [7, 11) is 1.31. The lowest BCUT2D eigenvalue weighted by Gasteiger charge is -2.14. The summed E-state index contributed by atoms with van der Waals surface area (Å²) in [6.45, 7) is 2.44. The maximum absolute atomic E-state index is 11.8. The van der Waals surface area contributed by atoms with Gasteiger partial charge in [0.25, 0.3) is 0 Å².